The number of carbonyl (C=O) groups excluding carboxylic acids is 2. The van der Waals surface area contributed by atoms with Crippen LogP contribution in [0.3, 0.4) is 0 Å². The van der Waals surface area contributed by atoms with E-state index in [1.54, 1.807) is 11.4 Å². The van der Waals surface area contributed by atoms with E-state index in [0.29, 0.717) is 10.6 Å². The van der Waals surface area contributed by atoms with Crippen molar-refractivity contribution in [2.75, 3.05) is 31.5 Å². The van der Waals surface area contributed by atoms with Gasteiger partial charge in [-0.05, 0) is 36.1 Å². The quantitative estimate of drug-likeness (QED) is 0.773. The molecule has 6 nitrogen and oxygen atoms in total. The number of rotatable bonds is 6. The number of anilines is 1. The molecular weight excluding hydrogens is 384 g/mol. The first-order valence-corrected chi connectivity index (χ1v) is 10.1. The van der Waals surface area contributed by atoms with Crippen molar-refractivity contribution in [2.45, 2.75) is 19.5 Å². The van der Waals surface area contributed by atoms with Crippen LogP contribution in [0.1, 0.15) is 22.8 Å². The van der Waals surface area contributed by atoms with E-state index in [2.05, 4.69) is 21.2 Å². The Morgan fingerprint density at radius 3 is 2.67 bits per heavy atom. The topological polar surface area (TPSA) is 78.7 Å². The van der Waals surface area contributed by atoms with Gasteiger partial charge in [0.2, 0.25) is 5.91 Å². The van der Waals surface area contributed by atoms with Crippen LogP contribution in [0.5, 0.6) is 0 Å². The molecule has 0 spiro atoms. The minimum Gasteiger partial charge on any atom is -0.366 e. The number of primary amides is 1. The summed E-state index contributed by atoms with van der Waals surface area (Å²) in [5, 5.41) is 5.84. The molecule has 1 saturated heterocycles. The highest BCUT2D eigenvalue weighted by atomic mass is 35.5. The molecule has 1 fully saturated rings. The Balaban J connectivity index is 1.51. The second kappa shape index (κ2) is 8.84. The van der Waals surface area contributed by atoms with Crippen LogP contribution < -0.4 is 11.1 Å². The maximum atomic E-state index is 12.6. The molecule has 2 amide bonds. The molecule has 8 heteroatoms. The predicted octanol–water partition coefficient (Wildman–Crippen LogP) is 2.65. The molecule has 2 heterocycles. The Bertz CT molecular complexity index is 818. The van der Waals surface area contributed by atoms with Gasteiger partial charge in [0, 0.05) is 37.7 Å². The molecule has 1 aliphatic rings. The number of thiophene rings is 1. The number of nitrogens with one attached hydrogen (secondary N) is 1. The lowest BCUT2D eigenvalue weighted by Crippen LogP contribution is -2.52. The summed E-state index contributed by atoms with van der Waals surface area (Å²) < 4.78 is 0. The Kier molecular flexibility index (Phi) is 6.49. The molecule has 3 N–H and O–H groups in total. The molecule has 0 saturated carbocycles. The zero-order valence-corrected chi connectivity index (χ0v) is 16.7. The molecule has 3 rings (SSSR count). The smallest absolute Gasteiger partial charge is 0.251 e. The van der Waals surface area contributed by atoms with Gasteiger partial charge >= 0.3 is 0 Å². The van der Waals surface area contributed by atoms with Crippen LogP contribution in [0, 0.1) is 0 Å². The molecule has 1 aromatic carbocycles. The van der Waals surface area contributed by atoms with Gasteiger partial charge in [-0.2, -0.15) is 0 Å². The van der Waals surface area contributed by atoms with Crippen LogP contribution in [-0.2, 0) is 11.3 Å². The fraction of sp³-hybridized carbons (Fsp3) is 0.368. The lowest BCUT2D eigenvalue weighted by molar-refractivity contribution is -0.121. The molecule has 1 aromatic heterocycles. The van der Waals surface area contributed by atoms with E-state index in [9.17, 15) is 9.59 Å². The summed E-state index contributed by atoms with van der Waals surface area (Å²) in [6.07, 6.45) is 0. The van der Waals surface area contributed by atoms with Crippen molar-refractivity contribution in [1.82, 2.24) is 9.80 Å². The van der Waals surface area contributed by atoms with E-state index in [4.69, 9.17) is 17.3 Å². The van der Waals surface area contributed by atoms with Gasteiger partial charge in [-0.15, -0.1) is 11.3 Å². The lowest BCUT2D eigenvalue weighted by Gasteiger charge is -2.37. The molecule has 144 valence electrons. The highest BCUT2D eigenvalue weighted by Gasteiger charge is 2.26. The first kappa shape index (κ1) is 19.8. The van der Waals surface area contributed by atoms with E-state index in [0.717, 1.165) is 37.7 Å². The van der Waals surface area contributed by atoms with Gasteiger partial charge in [-0.3, -0.25) is 19.4 Å². The fourth-order valence-corrected chi connectivity index (χ4v) is 4.19. The highest BCUT2D eigenvalue weighted by Crippen LogP contribution is 2.23. The van der Waals surface area contributed by atoms with Crippen LogP contribution in [0.25, 0.3) is 0 Å². The molecule has 2 aromatic rings. The van der Waals surface area contributed by atoms with Crippen LogP contribution >= 0.6 is 22.9 Å². The third-order valence-electron chi connectivity index (χ3n) is 4.80. The summed E-state index contributed by atoms with van der Waals surface area (Å²) in [6, 6.07) is 9.25. The highest BCUT2D eigenvalue weighted by molar-refractivity contribution is 7.14. The summed E-state index contributed by atoms with van der Waals surface area (Å²) in [5.74, 6) is -0.655. The first-order chi connectivity index (χ1) is 12.9. The minimum atomic E-state index is -0.533. The van der Waals surface area contributed by atoms with Crippen LogP contribution in [-0.4, -0.2) is 53.8 Å². The number of amides is 2. The first-order valence-electron chi connectivity index (χ1n) is 8.83. The maximum absolute atomic E-state index is 12.6. The fourth-order valence-electron chi connectivity index (χ4n) is 3.18. The third-order valence-corrected chi connectivity index (χ3v) is 5.86. The Hall–Kier alpha value is -1.93. The minimum absolute atomic E-state index is 0.122. The largest absolute Gasteiger partial charge is 0.366 e. The van der Waals surface area contributed by atoms with E-state index in [1.807, 2.05) is 25.1 Å². The number of hydrogen-bond donors (Lipinski definition) is 2. The lowest BCUT2D eigenvalue weighted by atomic mass is 10.1. The molecule has 0 radical (unpaired) electrons. The zero-order valence-electron chi connectivity index (χ0n) is 15.2. The van der Waals surface area contributed by atoms with Gasteiger partial charge in [0.15, 0.2) is 0 Å². The summed E-state index contributed by atoms with van der Waals surface area (Å²) in [4.78, 5) is 28.5. The van der Waals surface area contributed by atoms with Gasteiger partial charge in [-0.1, -0.05) is 23.7 Å². The van der Waals surface area contributed by atoms with Gasteiger partial charge < -0.3 is 11.1 Å². The predicted molar refractivity (Wildman–Crippen MR) is 109 cm³/mol. The third kappa shape index (κ3) is 5.07. The summed E-state index contributed by atoms with van der Waals surface area (Å²) in [6.45, 7) is 6.13. The number of nitrogens with zero attached hydrogens (tertiary/aromatic N) is 2. The normalized spacial score (nSPS) is 16.8. The van der Waals surface area contributed by atoms with Gasteiger partial charge in [-0.25, -0.2) is 0 Å². The van der Waals surface area contributed by atoms with E-state index < -0.39 is 5.91 Å². The van der Waals surface area contributed by atoms with Crippen molar-refractivity contribution in [1.29, 1.82) is 0 Å². The average molecular weight is 407 g/mol. The van der Waals surface area contributed by atoms with Gasteiger partial charge in [0.05, 0.1) is 11.6 Å². The van der Waals surface area contributed by atoms with E-state index in [1.165, 1.54) is 16.9 Å². The van der Waals surface area contributed by atoms with Crippen LogP contribution in [0.2, 0.25) is 5.02 Å². The average Bonchev–Trinajstić information content (AvgIpc) is 3.10. The zero-order chi connectivity index (χ0) is 19.4. The molecule has 27 heavy (non-hydrogen) atoms. The summed E-state index contributed by atoms with van der Waals surface area (Å²) in [5.41, 5.74) is 6.88. The Labute approximate surface area is 167 Å². The summed E-state index contributed by atoms with van der Waals surface area (Å²) >= 11 is 7.35. The van der Waals surface area contributed by atoms with Crippen molar-refractivity contribution in [3.05, 3.63) is 51.9 Å². The monoisotopic (exact) mass is 406 g/mol. The van der Waals surface area contributed by atoms with Crippen LogP contribution in [0.15, 0.2) is 35.7 Å². The molecular formula is C19H23ClN4O2S. The van der Waals surface area contributed by atoms with Gasteiger partial charge in [0.1, 0.15) is 5.00 Å². The van der Waals surface area contributed by atoms with Crippen molar-refractivity contribution in [3.8, 4) is 0 Å². The van der Waals surface area contributed by atoms with Crippen molar-refractivity contribution in [3.63, 3.8) is 0 Å². The Morgan fingerprint density at radius 1 is 1.26 bits per heavy atom. The molecule has 0 aliphatic carbocycles. The van der Waals surface area contributed by atoms with Crippen molar-refractivity contribution >= 4 is 39.8 Å². The second-order valence-corrected chi connectivity index (χ2v) is 7.99. The van der Waals surface area contributed by atoms with Gasteiger partial charge in [0.25, 0.3) is 5.91 Å². The molecule has 1 atom stereocenters. The van der Waals surface area contributed by atoms with Crippen LogP contribution in [0.4, 0.5) is 5.00 Å². The molecule has 1 unspecified atom stereocenters. The molecule has 1 aliphatic heterocycles. The maximum Gasteiger partial charge on any atom is 0.251 e. The SMILES string of the molecule is CC(C(=O)Nc1sccc1C(N)=O)N1CCN(Cc2cccc(Cl)c2)CC1. The van der Waals surface area contributed by atoms with E-state index >= 15 is 0 Å². The number of halogens is 1. The number of piperazine rings is 1. The van der Waals surface area contributed by atoms with Crippen molar-refractivity contribution < 1.29 is 9.59 Å². The summed E-state index contributed by atoms with van der Waals surface area (Å²) in [7, 11) is 0. The second-order valence-electron chi connectivity index (χ2n) is 6.63. The standard InChI is InChI=1S/C19H23ClN4O2S/c1-13(18(26)22-19-16(17(21)25)5-10-27-19)24-8-6-23(7-9-24)12-14-3-2-4-15(20)11-14/h2-5,10-11,13H,6-9,12H2,1H3,(H2,21,25)(H,22,26). The van der Waals surface area contributed by atoms with Crippen molar-refractivity contribution in [2.24, 2.45) is 5.73 Å². The number of hydrogen-bond acceptors (Lipinski definition) is 5. The molecule has 0 bridgehead atoms. The number of benzene rings is 1. The number of nitrogens with two attached hydrogens (primary N) is 1. The number of carbonyl (C=O) groups is 2. The Morgan fingerprint density at radius 2 is 2.00 bits per heavy atom. The van der Waals surface area contributed by atoms with E-state index in [-0.39, 0.29) is 11.9 Å².